The van der Waals surface area contributed by atoms with E-state index in [0.29, 0.717) is 0 Å². The second-order valence-corrected chi connectivity index (χ2v) is 8.19. The summed E-state index contributed by atoms with van der Waals surface area (Å²) in [5, 5.41) is -0.116. The summed E-state index contributed by atoms with van der Waals surface area (Å²) >= 11 is 3.33. The highest BCUT2D eigenvalue weighted by atomic mass is 79.9. The first-order valence-electron chi connectivity index (χ1n) is 10.1. The lowest BCUT2D eigenvalue weighted by Crippen LogP contribution is -2.15. The van der Waals surface area contributed by atoms with Crippen LogP contribution in [0.15, 0.2) is 80.4 Å². The van der Waals surface area contributed by atoms with Crippen LogP contribution >= 0.6 is 15.9 Å². The summed E-state index contributed by atoms with van der Waals surface area (Å²) in [6.07, 6.45) is -5.01. The maximum absolute atomic E-state index is 13.8. The zero-order chi connectivity index (χ0) is 25.2. The average molecular weight is 549 g/mol. The summed E-state index contributed by atoms with van der Waals surface area (Å²) in [5.74, 6) is -3.10. The van der Waals surface area contributed by atoms with Crippen molar-refractivity contribution in [1.29, 1.82) is 0 Å². The van der Waals surface area contributed by atoms with Crippen molar-refractivity contribution in [3.8, 4) is 17.2 Å². The number of halogens is 4. The fourth-order valence-electron chi connectivity index (χ4n) is 3.17. The first-order chi connectivity index (χ1) is 16.7. The van der Waals surface area contributed by atoms with Crippen molar-refractivity contribution >= 4 is 32.9 Å². The zero-order valence-electron chi connectivity index (χ0n) is 18.0. The number of fused-ring (bicyclic) bond motifs is 1. The lowest BCUT2D eigenvalue weighted by atomic mass is 10.2. The molecule has 0 aliphatic carbocycles. The third kappa shape index (κ3) is 5.48. The Labute approximate surface area is 205 Å². The molecule has 0 N–H and O–H groups in total. The van der Waals surface area contributed by atoms with Crippen LogP contribution in [-0.2, 0) is 17.5 Å². The van der Waals surface area contributed by atoms with Crippen molar-refractivity contribution in [2.75, 3.05) is 7.11 Å². The molecule has 35 heavy (non-hydrogen) atoms. The Hall–Kier alpha value is -3.79. The molecule has 4 aromatic rings. The zero-order valence-corrected chi connectivity index (χ0v) is 19.6. The smallest absolute Gasteiger partial charge is 0.453 e. The standard InChI is InChI=1S/C25H16BrF3O6/c1-32-24(31)15-4-8-17(9-5-15)34-22-21(30)19-11-10-18(12-20(19)35-23(22)25(27,28)29)33-13-14-2-6-16(26)7-3-14/h2-12H,13H2,1H3. The number of hydrogen-bond donors (Lipinski definition) is 0. The number of methoxy groups -OCH3 is 1. The molecule has 0 saturated heterocycles. The van der Waals surface area contributed by atoms with Crippen molar-refractivity contribution < 1.29 is 36.6 Å². The average Bonchev–Trinajstić information content (AvgIpc) is 2.84. The van der Waals surface area contributed by atoms with Crippen LogP contribution in [0.2, 0.25) is 0 Å². The maximum Gasteiger partial charge on any atom is 0.453 e. The fraction of sp³-hybridized carbons (Fsp3) is 0.120. The second kappa shape index (κ2) is 9.83. The van der Waals surface area contributed by atoms with Crippen molar-refractivity contribution in [2.24, 2.45) is 0 Å². The minimum absolute atomic E-state index is 0.0933. The van der Waals surface area contributed by atoms with E-state index >= 15 is 0 Å². The van der Waals surface area contributed by atoms with E-state index in [-0.39, 0.29) is 34.6 Å². The Bertz CT molecular complexity index is 1430. The van der Waals surface area contributed by atoms with E-state index in [9.17, 15) is 22.8 Å². The number of alkyl halides is 3. The third-order valence-electron chi connectivity index (χ3n) is 4.89. The molecule has 0 aliphatic rings. The number of esters is 1. The summed E-state index contributed by atoms with van der Waals surface area (Å²) < 4.78 is 62.8. The molecular formula is C25H16BrF3O6. The predicted molar refractivity (Wildman–Crippen MR) is 124 cm³/mol. The van der Waals surface area contributed by atoms with E-state index in [1.807, 2.05) is 24.3 Å². The Morgan fingerprint density at radius 2 is 1.63 bits per heavy atom. The molecule has 0 unspecified atom stereocenters. The van der Waals surface area contributed by atoms with Crippen LogP contribution in [0, 0.1) is 0 Å². The molecule has 0 atom stereocenters. The lowest BCUT2D eigenvalue weighted by molar-refractivity contribution is -0.154. The second-order valence-electron chi connectivity index (χ2n) is 7.28. The maximum atomic E-state index is 13.8. The van der Waals surface area contributed by atoms with Crippen molar-refractivity contribution in [2.45, 2.75) is 12.8 Å². The van der Waals surface area contributed by atoms with E-state index in [1.54, 1.807) is 0 Å². The molecule has 1 aromatic heterocycles. The van der Waals surface area contributed by atoms with Gasteiger partial charge in [-0.05, 0) is 54.1 Å². The van der Waals surface area contributed by atoms with Crippen molar-refractivity contribution in [3.63, 3.8) is 0 Å². The van der Waals surface area contributed by atoms with Gasteiger partial charge in [0, 0.05) is 10.5 Å². The molecule has 0 bridgehead atoms. The van der Waals surface area contributed by atoms with Gasteiger partial charge >= 0.3 is 12.1 Å². The Kier molecular flexibility index (Phi) is 6.83. The van der Waals surface area contributed by atoms with E-state index in [4.69, 9.17) is 13.9 Å². The van der Waals surface area contributed by atoms with Gasteiger partial charge in [0.05, 0.1) is 18.1 Å². The highest BCUT2D eigenvalue weighted by Crippen LogP contribution is 2.38. The molecule has 6 nitrogen and oxygen atoms in total. The molecule has 0 saturated carbocycles. The first kappa shape index (κ1) is 24.3. The first-order valence-corrected chi connectivity index (χ1v) is 10.9. The van der Waals surface area contributed by atoms with Gasteiger partial charge in [-0.3, -0.25) is 4.79 Å². The van der Waals surface area contributed by atoms with Crippen LogP contribution in [0.5, 0.6) is 17.2 Å². The predicted octanol–water partition coefficient (Wildman–Crippen LogP) is 6.73. The quantitative estimate of drug-likeness (QED) is 0.248. The Morgan fingerprint density at radius 3 is 2.26 bits per heavy atom. The van der Waals surface area contributed by atoms with E-state index in [0.717, 1.165) is 10.0 Å². The van der Waals surface area contributed by atoms with Gasteiger partial charge in [-0.2, -0.15) is 13.2 Å². The SMILES string of the molecule is COC(=O)c1ccc(Oc2c(C(F)(F)F)oc3cc(OCc4ccc(Br)cc4)ccc3c2=O)cc1. The van der Waals surface area contributed by atoms with E-state index < -0.39 is 29.1 Å². The molecular weight excluding hydrogens is 533 g/mol. The number of benzene rings is 3. The third-order valence-corrected chi connectivity index (χ3v) is 5.42. The molecule has 3 aromatic carbocycles. The highest BCUT2D eigenvalue weighted by molar-refractivity contribution is 9.10. The van der Waals surface area contributed by atoms with Crippen LogP contribution in [0.1, 0.15) is 21.7 Å². The Balaban J connectivity index is 1.68. The van der Waals surface area contributed by atoms with Crippen LogP contribution < -0.4 is 14.9 Å². The van der Waals surface area contributed by atoms with Crippen LogP contribution in [0.3, 0.4) is 0 Å². The van der Waals surface area contributed by atoms with Gasteiger partial charge in [-0.15, -0.1) is 0 Å². The summed E-state index contributed by atoms with van der Waals surface area (Å²) in [5.41, 5.74) is -0.302. The molecule has 10 heteroatoms. The van der Waals surface area contributed by atoms with Crippen LogP contribution in [0.25, 0.3) is 11.0 Å². The van der Waals surface area contributed by atoms with Gasteiger partial charge in [-0.25, -0.2) is 4.79 Å². The summed E-state index contributed by atoms with van der Waals surface area (Å²) in [6.45, 7) is 0.165. The molecule has 180 valence electrons. The van der Waals surface area contributed by atoms with Crippen molar-refractivity contribution in [1.82, 2.24) is 0 Å². The number of carbonyl (C=O) groups is 1. The van der Waals surface area contributed by atoms with Crippen LogP contribution in [0.4, 0.5) is 13.2 Å². The number of ether oxygens (including phenoxy) is 3. The normalized spacial score (nSPS) is 11.3. The lowest BCUT2D eigenvalue weighted by Gasteiger charge is -2.14. The van der Waals surface area contributed by atoms with E-state index in [1.165, 1.54) is 49.6 Å². The summed E-state index contributed by atoms with van der Waals surface area (Å²) in [4.78, 5) is 24.5. The number of hydrogen-bond acceptors (Lipinski definition) is 6. The Morgan fingerprint density at radius 1 is 0.971 bits per heavy atom. The minimum Gasteiger partial charge on any atom is -0.489 e. The summed E-state index contributed by atoms with van der Waals surface area (Å²) in [7, 11) is 1.19. The summed E-state index contributed by atoms with van der Waals surface area (Å²) in [6, 6.07) is 16.4. The number of rotatable bonds is 6. The highest BCUT2D eigenvalue weighted by Gasteiger charge is 2.40. The van der Waals surface area contributed by atoms with Gasteiger partial charge in [-0.1, -0.05) is 28.1 Å². The molecule has 1 heterocycles. The molecule has 0 spiro atoms. The van der Waals surface area contributed by atoms with Gasteiger partial charge in [0.1, 0.15) is 23.7 Å². The topological polar surface area (TPSA) is 75.0 Å². The molecule has 0 radical (unpaired) electrons. The molecule has 4 rings (SSSR count). The molecule has 0 fully saturated rings. The van der Waals surface area contributed by atoms with E-state index in [2.05, 4.69) is 20.7 Å². The minimum atomic E-state index is -5.01. The number of carbonyl (C=O) groups excluding carboxylic acids is 1. The monoisotopic (exact) mass is 548 g/mol. The fourth-order valence-corrected chi connectivity index (χ4v) is 3.43. The van der Waals surface area contributed by atoms with Gasteiger partial charge in [0.2, 0.25) is 11.2 Å². The van der Waals surface area contributed by atoms with Crippen molar-refractivity contribution in [3.05, 3.63) is 98.3 Å². The van der Waals surface area contributed by atoms with Crippen LogP contribution in [-0.4, -0.2) is 13.1 Å². The van der Waals surface area contributed by atoms with Gasteiger partial charge < -0.3 is 18.6 Å². The van der Waals surface area contributed by atoms with Gasteiger partial charge in [0.25, 0.3) is 5.76 Å². The molecule has 0 aliphatic heterocycles. The van der Waals surface area contributed by atoms with Gasteiger partial charge in [0.15, 0.2) is 0 Å². The largest absolute Gasteiger partial charge is 0.489 e. The molecule has 0 amide bonds.